The number of hydrogen-bond donors (Lipinski definition) is 6. The number of aromatic nitrogens is 1. The minimum Gasteiger partial charge on any atom is -0.508 e. The number of rotatable bonds is 13. The van der Waals surface area contributed by atoms with Gasteiger partial charge in [0.25, 0.3) is 0 Å². The summed E-state index contributed by atoms with van der Waals surface area (Å²) < 4.78 is 5.44. The molecule has 4 aromatic rings. The number of amides is 4. The first kappa shape index (κ1) is 36.5. The van der Waals surface area contributed by atoms with E-state index in [2.05, 4.69) is 20.9 Å². The molecule has 3 aromatic carbocycles. The summed E-state index contributed by atoms with van der Waals surface area (Å²) in [5.74, 6) is -2.05. The molecule has 5 rings (SSSR count). The summed E-state index contributed by atoms with van der Waals surface area (Å²) in [6.45, 7) is 3.69. The maximum atomic E-state index is 14.4. The fourth-order valence-electron chi connectivity index (χ4n) is 6.31. The van der Waals surface area contributed by atoms with Crippen LogP contribution in [0.2, 0.25) is 10.0 Å². The molecule has 0 spiro atoms. The minimum atomic E-state index is -1.54. The molecule has 1 aromatic heterocycles. The zero-order chi connectivity index (χ0) is 36.0. The lowest BCUT2D eigenvalue weighted by atomic mass is 9.78. The van der Waals surface area contributed by atoms with E-state index in [4.69, 9.17) is 33.7 Å². The number of ether oxygens (including phenoxy) is 1. The van der Waals surface area contributed by atoms with Crippen molar-refractivity contribution in [3.8, 4) is 5.75 Å². The van der Waals surface area contributed by atoms with Gasteiger partial charge >= 0.3 is 6.09 Å². The van der Waals surface area contributed by atoms with E-state index in [1.54, 1.807) is 24.3 Å². The fraction of sp³-hybridized carbons (Fsp3) is 0.351. The van der Waals surface area contributed by atoms with Crippen LogP contribution in [0.25, 0.3) is 10.9 Å². The number of primary amides is 1. The van der Waals surface area contributed by atoms with Gasteiger partial charge < -0.3 is 36.5 Å². The Balaban J connectivity index is 1.46. The summed E-state index contributed by atoms with van der Waals surface area (Å²) in [5, 5.41) is 19.8. The molecule has 1 heterocycles. The van der Waals surface area contributed by atoms with Crippen molar-refractivity contribution in [1.82, 2.24) is 20.9 Å². The molecule has 0 unspecified atom stereocenters. The number of carbonyl (C=O) groups excluding carboxylic acids is 4. The molecule has 50 heavy (non-hydrogen) atoms. The number of nitrogens with two attached hydrogens (primary N) is 1. The number of aromatic amines is 1. The highest BCUT2D eigenvalue weighted by Crippen LogP contribution is 2.38. The van der Waals surface area contributed by atoms with Crippen molar-refractivity contribution in [2.75, 3.05) is 0 Å². The molecule has 4 atom stereocenters. The largest absolute Gasteiger partial charge is 0.508 e. The number of benzene rings is 3. The molecule has 7 N–H and O–H groups in total. The predicted octanol–water partition coefficient (Wildman–Crippen LogP) is 5.47. The second-order valence-corrected chi connectivity index (χ2v) is 13.7. The lowest BCUT2D eigenvalue weighted by molar-refractivity contribution is -0.137. The molecule has 11 nitrogen and oxygen atoms in total. The first-order valence-electron chi connectivity index (χ1n) is 16.5. The molecule has 1 aliphatic rings. The zero-order valence-corrected chi connectivity index (χ0v) is 29.4. The topological polar surface area (TPSA) is 176 Å². The van der Waals surface area contributed by atoms with Gasteiger partial charge in [0.2, 0.25) is 17.7 Å². The third-order valence-corrected chi connectivity index (χ3v) is 9.90. The SMILES string of the molecule is CC[C@H](C)[C@H](NC(=O)[C@@]1(NC(=O)[C@H](CCc2ccc(O)cc2)NC(=O)OCc2ccccc2)CCc2[nH]c3c(Cl)cc(Cl)cc3c2C1)C(N)=O. The van der Waals surface area contributed by atoms with Crippen LogP contribution in [0.5, 0.6) is 5.75 Å². The number of alkyl carbamates (subject to hydrolysis) is 1. The van der Waals surface area contributed by atoms with Crippen molar-refractivity contribution in [3.63, 3.8) is 0 Å². The van der Waals surface area contributed by atoms with E-state index in [1.165, 1.54) is 12.1 Å². The van der Waals surface area contributed by atoms with Crippen molar-refractivity contribution in [3.05, 3.63) is 99.2 Å². The van der Waals surface area contributed by atoms with Crippen LogP contribution >= 0.6 is 23.2 Å². The third-order valence-electron chi connectivity index (χ3n) is 9.38. The fourth-order valence-corrected chi connectivity index (χ4v) is 6.85. The lowest BCUT2D eigenvalue weighted by Gasteiger charge is -2.39. The van der Waals surface area contributed by atoms with Crippen molar-refractivity contribution in [1.29, 1.82) is 0 Å². The summed E-state index contributed by atoms with van der Waals surface area (Å²) >= 11 is 12.9. The van der Waals surface area contributed by atoms with E-state index in [0.29, 0.717) is 40.2 Å². The molecule has 0 saturated carbocycles. The van der Waals surface area contributed by atoms with E-state index in [1.807, 2.05) is 44.2 Å². The van der Waals surface area contributed by atoms with Crippen LogP contribution < -0.4 is 21.7 Å². The standard InChI is InChI=1S/C37H41Cl2N5O6/c1-3-21(2)31(33(40)46)43-35(48)37(16-15-29-27(19-37)26-17-24(38)18-28(39)32(26)41-29)44-34(47)30(14-11-22-9-12-25(45)13-10-22)42-36(49)50-20-23-7-5-4-6-8-23/h4-10,12-13,17-18,21,30-31,41,45H,3,11,14-16,19-20H2,1-2H3,(H2,40,46)(H,42,49)(H,43,48)(H,44,47)/t21-,30-,31-,37+/m0/s1. The molecular weight excluding hydrogens is 681 g/mol. The smallest absolute Gasteiger partial charge is 0.408 e. The van der Waals surface area contributed by atoms with Crippen LogP contribution in [-0.2, 0) is 45.0 Å². The van der Waals surface area contributed by atoms with Crippen LogP contribution in [0.15, 0.2) is 66.7 Å². The number of aromatic hydroxyl groups is 1. The number of fused-ring (bicyclic) bond motifs is 3. The van der Waals surface area contributed by atoms with Crippen LogP contribution in [0, 0.1) is 5.92 Å². The predicted molar refractivity (Wildman–Crippen MR) is 192 cm³/mol. The highest BCUT2D eigenvalue weighted by atomic mass is 35.5. The Kier molecular flexibility index (Phi) is 11.6. The first-order valence-corrected chi connectivity index (χ1v) is 17.3. The van der Waals surface area contributed by atoms with Crippen LogP contribution in [0.4, 0.5) is 4.79 Å². The normalized spacial score (nSPS) is 17.2. The van der Waals surface area contributed by atoms with Crippen molar-refractivity contribution in [2.45, 2.75) is 76.6 Å². The molecule has 1 aliphatic carbocycles. The first-order chi connectivity index (χ1) is 23.9. The van der Waals surface area contributed by atoms with Gasteiger partial charge in [-0.25, -0.2) is 4.79 Å². The summed E-state index contributed by atoms with van der Waals surface area (Å²) in [6.07, 6.45) is 0.853. The van der Waals surface area contributed by atoms with Gasteiger partial charge in [0.05, 0.1) is 10.5 Å². The van der Waals surface area contributed by atoms with Gasteiger partial charge in [-0.3, -0.25) is 14.4 Å². The summed E-state index contributed by atoms with van der Waals surface area (Å²) in [7, 11) is 0. The van der Waals surface area contributed by atoms with Gasteiger partial charge in [0.15, 0.2) is 0 Å². The molecule has 264 valence electrons. The van der Waals surface area contributed by atoms with E-state index in [0.717, 1.165) is 22.4 Å². The van der Waals surface area contributed by atoms with Crippen molar-refractivity contribution >= 4 is 57.9 Å². The average Bonchev–Trinajstić information content (AvgIpc) is 3.46. The minimum absolute atomic E-state index is 0.0100. The average molecular weight is 723 g/mol. The molecule has 0 bridgehead atoms. The van der Waals surface area contributed by atoms with Gasteiger partial charge in [-0.15, -0.1) is 0 Å². The molecular formula is C37H41Cl2N5O6. The van der Waals surface area contributed by atoms with E-state index in [-0.39, 0.29) is 37.5 Å². The molecule has 13 heteroatoms. The van der Waals surface area contributed by atoms with E-state index in [9.17, 15) is 24.3 Å². The summed E-state index contributed by atoms with van der Waals surface area (Å²) in [6, 6.07) is 16.9. The number of H-pyrrole nitrogens is 1. The Bertz CT molecular complexity index is 1870. The number of phenolic OH excluding ortho intramolecular Hbond substituents is 1. The molecule has 0 saturated heterocycles. The monoisotopic (exact) mass is 721 g/mol. The van der Waals surface area contributed by atoms with Crippen LogP contribution in [0.3, 0.4) is 0 Å². The van der Waals surface area contributed by atoms with Crippen molar-refractivity contribution < 1.29 is 29.0 Å². The maximum absolute atomic E-state index is 14.4. The molecule has 0 aliphatic heterocycles. The molecule has 0 radical (unpaired) electrons. The summed E-state index contributed by atoms with van der Waals surface area (Å²) in [4.78, 5) is 57.6. The number of hydrogen-bond acceptors (Lipinski definition) is 6. The maximum Gasteiger partial charge on any atom is 0.408 e. The number of carbonyl (C=O) groups is 4. The van der Waals surface area contributed by atoms with Crippen LogP contribution in [-0.4, -0.2) is 51.5 Å². The zero-order valence-electron chi connectivity index (χ0n) is 27.9. The Morgan fingerprint density at radius 2 is 1.74 bits per heavy atom. The molecule has 0 fully saturated rings. The number of aryl methyl sites for hydroxylation is 2. The second kappa shape index (κ2) is 15.9. The van der Waals surface area contributed by atoms with Gasteiger partial charge in [-0.05, 0) is 72.6 Å². The lowest BCUT2D eigenvalue weighted by Crippen LogP contribution is -2.66. The van der Waals surface area contributed by atoms with E-state index >= 15 is 0 Å². The quantitative estimate of drug-likeness (QED) is 0.107. The van der Waals surface area contributed by atoms with Crippen LogP contribution in [0.1, 0.15) is 55.5 Å². The van der Waals surface area contributed by atoms with Gasteiger partial charge in [0.1, 0.15) is 30.0 Å². The number of halogens is 2. The highest BCUT2D eigenvalue weighted by Gasteiger charge is 2.46. The highest BCUT2D eigenvalue weighted by molar-refractivity contribution is 6.38. The number of phenols is 1. The van der Waals surface area contributed by atoms with Gasteiger partial charge in [0, 0.05) is 22.5 Å². The third kappa shape index (κ3) is 8.51. The molecule has 4 amide bonds. The van der Waals surface area contributed by atoms with Crippen molar-refractivity contribution in [2.24, 2.45) is 11.7 Å². The van der Waals surface area contributed by atoms with Gasteiger partial charge in [-0.1, -0.05) is 85.9 Å². The Labute approximate surface area is 300 Å². The Hall–Kier alpha value is -4.74. The van der Waals surface area contributed by atoms with E-state index < -0.39 is 41.4 Å². The Morgan fingerprint density at radius 3 is 2.42 bits per heavy atom. The van der Waals surface area contributed by atoms with Gasteiger partial charge in [-0.2, -0.15) is 0 Å². The number of nitrogens with one attached hydrogen (secondary N) is 4. The second-order valence-electron chi connectivity index (χ2n) is 12.8. The Morgan fingerprint density at radius 1 is 1.02 bits per heavy atom. The summed E-state index contributed by atoms with van der Waals surface area (Å²) in [5.41, 5.74) is 8.04.